The fourth-order valence-electron chi connectivity index (χ4n) is 1.62. The molecule has 0 saturated carbocycles. The van der Waals surface area contributed by atoms with Gasteiger partial charge in [0, 0.05) is 18.4 Å². The van der Waals surface area contributed by atoms with E-state index in [1.807, 2.05) is 31.3 Å². The van der Waals surface area contributed by atoms with Gasteiger partial charge in [0.15, 0.2) is 0 Å². The molecule has 100 valence electrons. The van der Waals surface area contributed by atoms with Crippen LogP contribution in [0.25, 0.3) is 5.69 Å². The third kappa shape index (κ3) is 3.20. The van der Waals surface area contributed by atoms with Crippen molar-refractivity contribution < 1.29 is 4.79 Å². The first-order valence-corrected chi connectivity index (χ1v) is 6.66. The van der Waals surface area contributed by atoms with Gasteiger partial charge in [-0.15, -0.1) is 5.10 Å². The second-order valence-electron chi connectivity index (χ2n) is 4.46. The van der Waals surface area contributed by atoms with Gasteiger partial charge in [-0.25, -0.2) is 4.68 Å². The van der Waals surface area contributed by atoms with Crippen molar-refractivity contribution in [3.8, 4) is 5.69 Å². The van der Waals surface area contributed by atoms with Crippen LogP contribution in [0.1, 0.15) is 18.2 Å². The standard InChI is InChI=1S/C13H15BrN4O/c1-9-6-12(4-5-13(9)14)18-8-11(15-16-18)7-17(3)10(2)19/h4-6,8H,7H2,1-3H3. The highest BCUT2D eigenvalue weighted by atomic mass is 79.9. The molecule has 5 nitrogen and oxygen atoms in total. The molecule has 1 heterocycles. The quantitative estimate of drug-likeness (QED) is 0.871. The van der Waals surface area contributed by atoms with E-state index in [1.165, 1.54) is 6.92 Å². The molecule has 6 heteroatoms. The number of halogens is 1. The van der Waals surface area contributed by atoms with Crippen LogP contribution in [0.5, 0.6) is 0 Å². The third-order valence-electron chi connectivity index (χ3n) is 2.88. The molecule has 2 aromatic rings. The number of amides is 1. The summed E-state index contributed by atoms with van der Waals surface area (Å²) in [5, 5.41) is 8.16. The molecule has 19 heavy (non-hydrogen) atoms. The zero-order chi connectivity index (χ0) is 14.0. The number of hydrogen-bond acceptors (Lipinski definition) is 3. The number of aromatic nitrogens is 3. The van der Waals surface area contributed by atoms with E-state index < -0.39 is 0 Å². The molecule has 0 aliphatic rings. The lowest BCUT2D eigenvalue weighted by molar-refractivity contribution is -0.128. The fourth-order valence-corrected chi connectivity index (χ4v) is 1.87. The Hall–Kier alpha value is -1.69. The van der Waals surface area contributed by atoms with E-state index in [0.717, 1.165) is 21.4 Å². The summed E-state index contributed by atoms with van der Waals surface area (Å²) in [4.78, 5) is 12.8. The van der Waals surface area contributed by atoms with Gasteiger partial charge in [0.05, 0.1) is 18.4 Å². The lowest BCUT2D eigenvalue weighted by Crippen LogP contribution is -2.23. The highest BCUT2D eigenvalue weighted by Crippen LogP contribution is 2.19. The number of carbonyl (C=O) groups excluding carboxylic acids is 1. The Morgan fingerprint density at radius 1 is 1.47 bits per heavy atom. The Morgan fingerprint density at radius 3 is 2.84 bits per heavy atom. The molecule has 0 N–H and O–H groups in total. The van der Waals surface area contributed by atoms with Crippen molar-refractivity contribution in [3.63, 3.8) is 0 Å². The van der Waals surface area contributed by atoms with Crippen molar-refractivity contribution in [3.05, 3.63) is 40.1 Å². The van der Waals surface area contributed by atoms with Crippen molar-refractivity contribution in [2.45, 2.75) is 20.4 Å². The van der Waals surface area contributed by atoms with E-state index in [4.69, 9.17) is 0 Å². The lowest BCUT2D eigenvalue weighted by atomic mass is 10.2. The predicted molar refractivity (Wildman–Crippen MR) is 75.9 cm³/mol. The first-order valence-electron chi connectivity index (χ1n) is 5.87. The highest BCUT2D eigenvalue weighted by molar-refractivity contribution is 9.10. The molecule has 0 saturated heterocycles. The number of carbonyl (C=O) groups is 1. The van der Waals surface area contributed by atoms with Gasteiger partial charge in [0.2, 0.25) is 5.91 Å². The van der Waals surface area contributed by atoms with Crippen LogP contribution in [-0.4, -0.2) is 32.8 Å². The second-order valence-corrected chi connectivity index (χ2v) is 5.32. The normalized spacial score (nSPS) is 10.5. The predicted octanol–water partition coefficient (Wildman–Crippen LogP) is 2.32. The Kier molecular flexibility index (Phi) is 3.99. The molecule has 0 spiro atoms. The molecule has 0 fully saturated rings. The summed E-state index contributed by atoms with van der Waals surface area (Å²) in [6.07, 6.45) is 1.84. The number of benzene rings is 1. The molecule has 1 aromatic heterocycles. The van der Waals surface area contributed by atoms with Gasteiger partial charge >= 0.3 is 0 Å². The topological polar surface area (TPSA) is 51.0 Å². The summed E-state index contributed by atoms with van der Waals surface area (Å²) in [6.45, 7) is 4.02. The first kappa shape index (κ1) is 13.7. The second kappa shape index (κ2) is 5.52. The number of nitrogens with zero attached hydrogens (tertiary/aromatic N) is 4. The van der Waals surface area contributed by atoms with E-state index in [9.17, 15) is 4.79 Å². The van der Waals surface area contributed by atoms with Crippen LogP contribution in [0, 0.1) is 6.92 Å². The van der Waals surface area contributed by atoms with Gasteiger partial charge in [-0.1, -0.05) is 21.1 Å². The van der Waals surface area contributed by atoms with Crippen molar-refractivity contribution in [2.24, 2.45) is 0 Å². The van der Waals surface area contributed by atoms with Crippen molar-refractivity contribution in [2.75, 3.05) is 7.05 Å². The van der Waals surface area contributed by atoms with Gasteiger partial charge in [0.25, 0.3) is 0 Å². The van der Waals surface area contributed by atoms with Crippen LogP contribution in [0.2, 0.25) is 0 Å². The molecular weight excluding hydrogens is 308 g/mol. The minimum Gasteiger partial charge on any atom is -0.340 e. The fraction of sp³-hybridized carbons (Fsp3) is 0.308. The molecule has 0 atom stereocenters. The molecule has 2 rings (SSSR count). The van der Waals surface area contributed by atoms with Crippen LogP contribution in [0.3, 0.4) is 0 Å². The van der Waals surface area contributed by atoms with E-state index >= 15 is 0 Å². The summed E-state index contributed by atoms with van der Waals surface area (Å²) >= 11 is 3.47. The van der Waals surface area contributed by atoms with Gasteiger partial charge in [-0.2, -0.15) is 0 Å². The average Bonchev–Trinajstić information content (AvgIpc) is 2.81. The van der Waals surface area contributed by atoms with Crippen LogP contribution in [0.15, 0.2) is 28.9 Å². The molecule has 1 aromatic carbocycles. The van der Waals surface area contributed by atoms with Gasteiger partial charge in [0.1, 0.15) is 5.69 Å². The zero-order valence-corrected chi connectivity index (χ0v) is 12.7. The van der Waals surface area contributed by atoms with Crippen molar-refractivity contribution in [1.82, 2.24) is 19.9 Å². The van der Waals surface area contributed by atoms with E-state index in [-0.39, 0.29) is 5.91 Å². The van der Waals surface area contributed by atoms with Crippen LogP contribution in [-0.2, 0) is 11.3 Å². The largest absolute Gasteiger partial charge is 0.340 e. The maximum Gasteiger partial charge on any atom is 0.219 e. The van der Waals surface area contributed by atoms with Crippen LogP contribution < -0.4 is 0 Å². The lowest BCUT2D eigenvalue weighted by Gasteiger charge is -2.11. The van der Waals surface area contributed by atoms with E-state index in [1.54, 1.807) is 16.6 Å². The molecule has 0 bridgehead atoms. The maximum atomic E-state index is 11.2. The Balaban J connectivity index is 2.20. The van der Waals surface area contributed by atoms with Gasteiger partial charge < -0.3 is 4.90 Å². The number of hydrogen-bond donors (Lipinski definition) is 0. The SMILES string of the molecule is CC(=O)N(C)Cc1cn(-c2ccc(Br)c(C)c2)nn1. The summed E-state index contributed by atoms with van der Waals surface area (Å²) in [6, 6.07) is 5.97. The van der Waals surface area contributed by atoms with Gasteiger partial charge in [-0.3, -0.25) is 4.79 Å². The summed E-state index contributed by atoms with van der Waals surface area (Å²) in [5.74, 6) is 0.00837. The molecule has 0 aliphatic heterocycles. The Bertz CT molecular complexity index is 608. The third-order valence-corrected chi connectivity index (χ3v) is 3.77. The smallest absolute Gasteiger partial charge is 0.219 e. The van der Waals surface area contributed by atoms with E-state index in [0.29, 0.717) is 6.54 Å². The Morgan fingerprint density at radius 2 is 2.21 bits per heavy atom. The summed E-state index contributed by atoms with van der Waals surface area (Å²) in [5.41, 5.74) is 2.85. The Labute approximate surface area is 120 Å². The monoisotopic (exact) mass is 322 g/mol. The first-order chi connectivity index (χ1) is 8.97. The molecular formula is C13H15BrN4O. The summed E-state index contributed by atoms with van der Waals surface area (Å²) in [7, 11) is 1.74. The highest BCUT2D eigenvalue weighted by Gasteiger charge is 2.08. The van der Waals surface area contributed by atoms with Crippen molar-refractivity contribution >= 4 is 21.8 Å². The van der Waals surface area contributed by atoms with Gasteiger partial charge in [-0.05, 0) is 30.7 Å². The minimum absolute atomic E-state index is 0.00837. The molecule has 1 amide bonds. The van der Waals surface area contributed by atoms with Crippen LogP contribution in [0.4, 0.5) is 0 Å². The zero-order valence-electron chi connectivity index (χ0n) is 11.1. The molecule has 0 unspecified atom stereocenters. The maximum absolute atomic E-state index is 11.2. The number of aryl methyl sites for hydroxylation is 1. The average molecular weight is 323 g/mol. The molecule has 0 radical (unpaired) electrons. The number of rotatable bonds is 3. The van der Waals surface area contributed by atoms with E-state index in [2.05, 4.69) is 26.2 Å². The summed E-state index contributed by atoms with van der Waals surface area (Å²) < 4.78 is 2.77. The van der Waals surface area contributed by atoms with Crippen LogP contribution >= 0.6 is 15.9 Å². The van der Waals surface area contributed by atoms with Crippen molar-refractivity contribution in [1.29, 1.82) is 0 Å². The minimum atomic E-state index is 0.00837. The molecule has 0 aliphatic carbocycles.